The smallest absolute Gasteiger partial charge is 0.0637 e. The van der Waals surface area contributed by atoms with E-state index in [1.165, 1.54) is 17.7 Å². The topological polar surface area (TPSA) is 24.5 Å². The van der Waals surface area contributed by atoms with Crippen LogP contribution in [0.4, 0.5) is 5.69 Å². The normalized spacial score (nSPS) is 27.9. The van der Waals surface area contributed by atoms with Crippen molar-refractivity contribution in [3.05, 3.63) is 29.8 Å². The molecule has 18 heavy (non-hydrogen) atoms. The highest BCUT2D eigenvalue weighted by atomic mass is 16.5. The summed E-state index contributed by atoms with van der Waals surface area (Å²) in [5.41, 5.74) is 2.91. The molecule has 1 N–H and O–H groups in total. The summed E-state index contributed by atoms with van der Waals surface area (Å²) in [5.74, 6) is 0.740. The van der Waals surface area contributed by atoms with Crippen LogP contribution in [0.15, 0.2) is 24.3 Å². The maximum Gasteiger partial charge on any atom is 0.0637 e. The van der Waals surface area contributed by atoms with Gasteiger partial charge in [0.15, 0.2) is 0 Å². The molecule has 1 saturated heterocycles. The zero-order valence-corrected chi connectivity index (χ0v) is 11.1. The summed E-state index contributed by atoms with van der Waals surface area (Å²) in [6.07, 6.45) is 1.21. The zero-order chi connectivity index (χ0) is 12.4. The standard InChI is InChI=1S/C15H22N2O/c1-12-8-13-4-2-3-5-15(13)17(9-12)10-14-11-18-7-6-16-14/h2-5,12,14,16H,6-11H2,1H3. The summed E-state index contributed by atoms with van der Waals surface area (Å²) in [4.78, 5) is 2.52. The molecule has 1 fully saturated rings. The van der Waals surface area contributed by atoms with Gasteiger partial charge in [0, 0.05) is 31.4 Å². The summed E-state index contributed by atoms with van der Waals surface area (Å²) < 4.78 is 5.55. The van der Waals surface area contributed by atoms with E-state index < -0.39 is 0 Å². The Kier molecular flexibility index (Phi) is 3.52. The highest BCUT2D eigenvalue weighted by Crippen LogP contribution is 2.29. The van der Waals surface area contributed by atoms with Crippen LogP contribution >= 0.6 is 0 Å². The number of fused-ring (bicyclic) bond motifs is 1. The van der Waals surface area contributed by atoms with Gasteiger partial charge in [0.2, 0.25) is 0 Å². The van der Waals surface area contributed by atoms with E-state index in [-0.39, 0.29) is 0 Å². The van der Waals surface area contributed by atoms with Gasteiger partial charge in [-0.2, -0.15) is 0 Å². The molecule has 2 aliphatic rings. The Balaban J connectivity index is 1.75. The number of para-hydroxylation sites is 1. The van der Waals surface area contributed by atoms with Crippen LogP contribution < -0.4 is 10.2 Å². The van der Waals surface area contributed by atoms with E-state index in [1.54, 1.807) is 0 Å². The van der Waals surface area contributed by atoms with Gasteiger partial charge in [-0.3, -0.25) is 0 Å². The first-order valence-corrected chi connectivity index (χ1v) is 6.97. The first-order valence-electron chi connectivity index (χ1n) is 6.97. The van der Waals surface area contributed by atoms with Crippen molar-refractivity contribution in [1.82, 2.24) is 5.32 Å². The summed E-state index contributed by atoms with van der Waals surface area (Å²) in [7, 11) is 0. The van der Waals surface area contributed by atoms with Gasteiger partial charge in [0.05, 0.1) is 13.2 Å². The molecule has 3 rings (SSSR count). The number of anilines is 1. The van der Waals surface area contributed by atoms with E-state index >= 15 is 0 Å². The molecular formula is C15H22N2O. The Morgan fingerprint density at radius 1 is 1.39 bits per heavy atom. The number of hydrogen-bond donors (Lipinski definition) is 1. The van der Waals surface area contributed by atoms with Crippen molar-refractivity contribution in [2.75, 3.05) is 37.7 Å². The summed E-state index contributed by atoms with van der Waals surface area (Å²) in [6.45, 7) is 7.23. The van der Waals surface area contributed by atoms with Gasteiger partial charge in [-0.25, -0.2) is 0 Å². The van der Waals surface area contributed by atoms with Crippen LogP contribution in [0.5, 0.6) is 0 Å². The Morgan fingerprint density at radius 2 is 2.28 bits per heavy atom. The van der Waals surface area contributed by atoms with Crippen LogP contribution in [0.1, 0.15) is 12.5 Å². The second-order valence-corrected chi connectivity index (χ2v) is 5.57. The van der Waals surface area contributed by atoms with Gasteiger partial charge in [0.25, 0.3) is 0 Å². The molecule has 0 saturated carbocycles. The monoisotopic (exact) mass is 246 g/mol. The third-order valence-corrected chi connectivity index (χ3v) is 3.87. The van der Waals surface area contributed by atoms with Crippen molar-refractivity contribution in [2.24, 2.45) is 5.92 Å². The predicted molar refractivity (Wildman–Crippen MR) is 74.1 cm³/mol. The number of hydrogen-bond acceptors (Lipinski definition) is 3. The Morgan fingerprint density at radius 3 is 3.11 bits per heavy atom. The van der Waals surface area contributed by atoms with E-state index in [1.807, 2.05) is 0 Å². The lowest BCUT2D eigenvalue weighted by Crippen LogP contribution is -2.50. The maximum atomic E-state index is 5.55. The second kappa shape index (κ2) is 5.29. The summed E-state index contributed by atoms with van der Waals surface area (Å²) in [5, 5.41) is 3.55. The molecule has 3 heteroatoms. The average molecular weight is 246 g/mol. The van der Waals surface area contributed by atoms with Crippen molar-refractivity contribution >= 4 is 5.69 Å². The Bertz CT molecular complexity index is 401. The van der Waals surface area contributed by atoms with Crippen molar-refractivity contribution in [3.63, 3.8) is 0 Å². The highest BCUT2D eigenvalue weighted by molar-refractivity contribution is 5.55. The minimum Gasteiger partial charge on any atom is -0.378 e. The van der Waals surface area contributed by atoms with Crippen LogP contribution in [0, 0.1) is 5.92 Å². The minimum atomic E-state index is 0.470. The van der Waals surface area contributed by atoms with Gasteiger partial charge >= 0.3 is 0 Å². The van der Waals surface area contributed by atoms with Crippen molar-refractivity contribution in [3.8, 4) is 0 Å². The molecule has 98 valence electrons. The molecule has 1 aromatic rings. The predicted octanol–water partition coefficient (Wildman–Crippen LogP) is 1.67. The van der Waals surface area contributed by atoms with E-state index in [0.717, 1.165) is 38.8 Å². The van der Waals surface area contributed by atoms with Crippen molar-refractivity contribution in [2.45, 2.75) is 19.4 Å². The quantitative estimate of drug-likeness (QED) is 0.859. The van der Waals surface area contributed by atoms with Crippen molar-refractivity contribution < 1.29 is 4.74 Å². The van der Waals surface area contributed by atoms with Crippen LogP contribution in [0.2, 0.25) is 0 Å². The van der Waals surface area contributed by atoms with Crippen molar-refractivity contribution in [1.29, 1.82) is 0 Å². The maximum absolute atomic E-state index is 5.55. The summed E-state index contributed by atoms with van der Waals surface area (Å²) in [6, 6.07) is 9.29. The van der Waals surface area contributed by atoms with Crippen LogP contribution in [0.25, 0.3) is 0 Å². The molecular weight excluding hydrogens is 224 g/mol. The Hall–Kier alpha value is -1.06. The van der Waals surface area contributed by atoms with Crippen LogP contribution in [-0.4, -0.2) is 38.9 Å². The fraction of sp³-hybridized carbons (Fsp3) is 0.600. The molecule has 3 nitrogen and oxygen atoms in total. The number of benzene rings is 1. The lowest BCUT2D eigenvalue weighted by atomic mass is 9.93. The number of nitrogens with zero attached hydrogens (tertiary/aromatic N) is 1. The lowest BCUT2D eigenvalue weighted by Gasteiger charge is -2.38. The SMILES string of the molecule is CC1Cc2ccccc2N(CC2COCCN2)C1. The highest BCUT2D eigenvalue weighted by Gasteiger charge is 2.24. The molecule has 2 heterocycles. The largest absolute Gasteiger partial charge is 0.378 e. The number of ether oxygens (including phenoxy) is 1. The average Bonchev–Trinajstić information content (AvgIpc) is 2.40. The third kappa shape index (κ3) is 2.52. The van der Waals surface area contributed by atoms with E-state index in [4.69, 9.17) is 4.74 Å². The van der Waals surface area contributed by atoms with E-state index in [0.29, 0.717) is 6.04 Å². The van der Waals surface area contributed by atoms with Gasteiger partial charge in [-0.15, -0.1) is 0 Å². The van der Waals surface area contributed by atoms with Crippen LogP contribution in [0.3, 0.4) is 0 Å². The minimum absolute atomic E-state index is 0.470. The number of morpholine rings is 1. The Labute approximate surface area is 109 Å². The first-order chi connectivity index (χ1) is 8.83. The molecule has 0 aliphatic carbocycles. The third-order valence-electron chi connectivity index (χ3n) is 3.87. The molecule has 2 atom stereocenters. The van der Waals surface area contributed by atoms with E-state index in [9.17, 15) is 0 Å². The van der Waals surface area contributed by atoms with Gasteiger partial charge in [-0.05, 0) is 24.0 Å². The molecule has 2 unspecified atom stereocenters. The van der Waals surface area contributed by atoms with E-state index in [2.05, 4.69) is 41.4 Å². The van der Waals surface area contributed by atoms with Gasteiger partial charge < -0.3 is 15.0 Å². The molecule has 0 spiro atoms. The lowest BCUT2D eigenvalue weighted by molar-refractivity contribution is 0.0785. The second-order valence-electron chi connectivity index (χ2n) is 5.57. The van der Waals surface area contributed by atoms with Gasteiger partial charge in [0.1, 0.15) is 0 Å². The molecule has 0 aromatic heterocycles. The number of nitrogens with one attached hydrogen (secondary N) is 1. The number of rotatable bonds is 2. The molecule has 0 amide bonds. The first kappa shape index (κ1) is 12.0. The molecule has 0 bridgehead atoms. The fourth-order valence-electron chi connectivity index (χ4n) is 3.08. The molecule has 2 aliphatic heterocycles. The fourth-order valence-corrected chi connectivity index (χ4v) is 3.08. The summed E-state index contributed by atoms with van der Waals surface area (Å²) >= 11 is 0. The van der Waals surface area contributed by atoms with Crippen LogP contribution in [-0.2, 0) is 11.2 Å². The molecule has 1 aromatic carbocycles. The molecule has 0 radical (unpaired) electrons. The van der Waals surface area contributed by atoms with Gasteiger partial charge in [-0.1, -0.05) is 25.1 Å². The zero-order valence-electron chi connectivity index (χ0n) is 11.1.